The van der Waals surface area contributed by atoms with Gasteiger partial charge in [0.25, 0.3) is 0 Å². The second-order valence-corrected chi connectivity index (χ2v) is 7.38. The molecular weight excluding hydrogens is 320 g/mol. The van der Waals surface area contributed by atoms with E-state index in [-0.39, 0.29) is 6.03 Å². The average Bonchev–Trinajstić information content (AvgIpc) is 2.96. The summed E-state index contributed by atoms with van der Waals surface area (Å²) in [5.74, 6) is 1.35. The van der Waals surface area contributed by atoms with E-state index in [2.05, 4.69) is 46.7 Å². The summed E-state index contributed by atoms with van der Waals surface area (Å²) in [4.78, 5) is 18.3. The largest absolute Gasteiger partial charge is 0.324 e. The number of piperidine rings is 1. The summed E-state index contributed by atoms with van der Waals surface area (Å²) >= 11 is 1.23. The average molecular weight is 344 g/mol. The predicted octanol–water partition coefficient (Wildman–Crippen LogP) is 3.95. The molecule has 24 heavy (non-hydrogen) atoms. The van der Waals surface area contributed by atoms with Gasteiger partial charge in [0.2, 0.25) is 5.13 Å². The molecule has 2 heterocycles. The zero-order chi connectivity index (χ0) is 17.1. The van der Waals surface area contributed by atoms with Gasteiger partial charge in [-0.2, -0.15) is 4.37 Å². The van der Waals surface area contributed by atoms with E-state index in [0.29, 0.717) is 16.9 Å². The first-order valence-electron chi connectivity index (χ1n) is 8.43. The molecule has 0 unspecified atom stereocenters. The third kappa shape index (κ3) is 4.12. The molecular formula is C18H24N4OS. The van der Waals surface area contributed by atoms with Gasteiger partial charge in [0.1, 0.15) is 5.82 Å². The van der Waals surface area contributed by atoms with Crippen molar-refractivity contribution in [3.8, 4) is 0 Å². The third-order valence-corrected chi connectivity index (χ3v) is 5.46. The SMILES string of the molecule is Cc1nsc(NC(=O)N2CCC(Cc3ccc(C)c(C)c3)CC2)n1. The number of likely N-dealkylation sites (tertiary alicyclic amines) is 1. The minimum Gasteiger partial charge on any atom is -0.324 e. The third-order valence-electron chi connectivity index (χ3n) is 4.74. The van der Waals surface area contributed by atoms with Crippen molar-refractivity contribution in [2.75, 3.05) is 18.4 Å². The van der Waals surface area contributed by atoms with Gasteiger partial charge >= 0.3 is 6.03 Å². The summed E-state index contributed by atoms with van der Waals surface area (Å²) in [6.45, 7) is 7.75. The molecule has 2 aromatic rings. The normalized spacial score (nSPS) is 15.5. The van der Waals surface area contributed by atoms with Crippen LogP contribution in [0.1, 0.15) is 35.4 Å². The molecule has 0 atom stereocenters. The number of carbonyl (C=O) groups excluding carboxylic acids is 1. The molecule has 0 spiro atoms. The summed E-state index contributed by atoms with van der Waals surface area (Å²) in [7, 11) is 0. The Kier molecular flexibility index (Phi) is 5.14. The molecule has 1 aromatic carbocycles. The number of hydrogen-bond donors (Lipinski definition) is 1. The van der Waals surface area contributed by atoms with Gasteiger partial charge in [-0.3, -0.25) is 5.32 Å². The number of aromatic nitrogens is 2. The van der Waals surface area contributed by atoms with Crippen molar-refractivity contribution in [3.05, 3.63) is 40.7 Å². The Labute approximate surface area is 147 Å². The lowest BCUT2D eigenvalue weighted by Gasteiger charge is -2.31. The minimum atomic E-state index is -0.0595. The number of urea groups is 1. The summed E-state index contributed by atoms with van der Waals surface area (Å²) in [5.41, 5.74) is 4.11. The van der Waals surface area contributed by atoms with Gasteiger partial charge in [-0.25, -0.2) is 9.78 Å². The van der Waals surface area contributed by atoms with Crippen molar-refractivity contribution in [2.45, 2.75) is 40.0 Å². The molecule has 1 aromatic heterocycles. The van der Waals surface area contributed by atoms with Gasteiger partial charge in [0, 0.05) is 24.6 Å². The summed E-state index contributed by atoms with van der Waals surface area (Å²) < 4.78 is 4.08. The number of hydrogen-bond acceptors (Lipinski definition) is 4. The van der Waals surface area contributed by atoms with E-state index in [1.165, 1.54) is 28.2 Å². The molecule has 2 amide bonds. The van der Waals surface area contributed by atoms with Crippen LogP contribution in [0.2, 0.25) is 0 Å². The van der Waals surface area contributed by atoms with Crippen LogP contribution in [0.5, 0.6) is 0 Å². The smallest absolute Gasteiger partial charge is 0.323 e. The van der Waals surface area contributed by atoms with Crippen molar-refractivity contribution < 1.29 is 4.79 Å². The van der Waals surface area contributed by atoms with E-state index < -0.39 is 0 Å². The molecule has 6 heteroatoms. The second-order valence-electron chi connectivity index (χ2n) is 6.63. The first kappa shape index (κ1) is 16.9. The molecule has 1 aliphatic rings. The number of benzene rings is 1. The highest BCUT2D eigenvalue weighted by atomic mass is 32.1. The quantitative estimate of drug-likeness (QED) is 0.917. The lowest BCUT2D eigenvalue weighted by Crippen LogP contribution is -2.41. The Bertz CT molecular complexity index is 720. The van der Waals surface area contributed by atoms with Crippen molar-refractivity contribution in [3.63, 3.8) is 0 Å². The Morgan fingerprint density at radius 1 is 1.25 bits per heavy atom. The van der Waals surface area contributed by atoms with Crippen molar-refractivity contribution in [2.24, 2.45) is 5.92 Å². The van der Waals surface area contributed by atoms with Crippen LogP contribution in [0.4, 0.5) is 9.93 Å². The van der Waals surface area contributed by atoms with Gasteiger partial charge in [-0.1, -0.05) is 18.2 Å². The number of aryl methyl sites for hydroxylation is 3. The fourth-order valence-electron chi connectivity index (χ4n) is 3.12. The topological polar surface area (TPSA) is 58.1 Å². The molecule has 5 nitrogen and oxygen atoms in total. The van der Waals surface area contributed by atoms with Gasteiger partial charge in [0.15, 0.2) is 0 Å². The Morgan fingerprint density at radius 3 is 2.62 bits per heavy atom. The number of amides is 2. The van der Waals surface area contributed by atoms with Crippen LogP contribution in [-0.4, -0.2) is 33.4 Å². The lowest BCUT2D eigenvalue weighted by molar-refractivity contribution is 0.182. The summed E-state index contributed by atoms with van der Waals surface area (Å²) in [6.07, 6.45) is 3.21. The van der Waals surface area contributed by atoms with Crippen LogP contribution in [-0.2, 0) is 6.42 Å². The molecule has 0 saturated carbocycles. The molecule has 1 saturated heterocycles. The van der Waals surface area contributed by atoms with Crippen molar-refractivity contribution in [1.82, 2.24) is 14.3 Å². The molecule has 1 N–H and O–H groups in total. The van der Waals surface area contributed by atoms with Gasteiger partial charge in [-0.15, -0.1) is 0 Å². The Hall–Kier alpha value is -1.95. The summed E-state index contributed by atoms with van der Waals surface area (Å²) in [6, 6.07) is 6.68. The second kappa shape index (κ2) is 7.30. The first-order valence-corrected chi connectivity index (χ1v) is 9.21. The zero-order valence-corrected chi connectivity index (χ0v) is 15.3. The molecule has 3 rings (SSSR count). The maximum Gasteiger partial charge on any atom is 0.323 e. The molecule has 0 aliphatic carbocycles. The highest BCUT2D eigenvalue weighted by Crippen LogP contribution is 2.23. The number of nitrogens with zero attached hydrogens (tertiary/aromatic N) is 3. The van der Waals surface area contributed by atoms with E-state index in [1.54, 1.807) is 0 Å². The molecule has 0 bridgehead atoms. The zero-order valence-electron chi connectivity index (χ0n) is 14.5. The maximum atomic E-state index is 12.3. The van der Waals surface area contributed by atoms with Crippen LogP contribution in [0, 0.1) is 26.7 Å². The van der Waals surface area contributed by atoms with Crippen LogP contribution < -0.4 is 5.32 Å². The van der Waals surface area contributed by atoms with Gasteiger partial charge in [-0.05, 0) is 62.6 Å². The fraction of sp³-hybridized carbons (Fsp3) is 0.500. The van der Waals surface area contributed by atoms with E-state index in [1.807, 2.05) is 11.8 Å². The Balaban J connectivity index is 1.50. The predicted molar refractivity (Wildman–Crippen MR) is 97.6 cm³/mol. The summed E-state index contributed by atoms with van der Waals surface area (Å²) in [5, 5.41) is 3.42. The standard InChI is InChI=1S/C18H24N4OS/c1-12-4-5-16(10-13(12)2)11-15-6-8-22(9-7-15)18(23)20-17-19-14(3)21-24-17/h4-5,10,15H,6-9,11H2,1-3H3,(H,19,20,21,23). The van der Waals surface area contributed by atoms with E-state index in [9.17, 15) is 4.79 Å². The number of nitrogens with one attached hydrogen (secondary N) is 1. The molecule has 1 aliphatic heterocycles. The van der Waals surface area contributed by atoms with Crippen LogP contribution in [0.3, 0.4) is 0 Å². The molecule has 128 valence electrons. The highest BCUT2D eigenvalue weighted by Gasteiger charge is 2.23. The number of rotatable bonds is 3. The molecule has 1 fully saturated rings. The Morgan fingerprint density at radius 2 is 2.00 bits per heavy atom. The number of anilines is 1. The van der Waals surface area contributed by atoms with Crippen molar-refractivity contribution >= 4 is 22.7 Å². The number of carbonyl (C=O) groups is 1. The molecule has 0 radical (unpaired) electrons. The van der Waals surface area contributed by atoms with Gasteiger partial charge < -0.3 is 4.90 Å². The lowest BCUT2D eigenvalue weighted by atomic mass is 9.89. The van der Waals surface area contributed by atoms with Crippen LogP contribution in [0.15, 0.2) is 18.2 Å². The van der Waals surface area contributed by atoms with Crippen LogP contribution in [0.25, 0.3) is 0 Å². The monoisotopic (exact) mass is 344 g/mol. The minimum absolute atomic E-state index is 0.0595. The first-order chi connectivity index (χ1) is 11.5. The van der Waals surface area contributed by atoms with Crippen molar-refractivity contribution in [1.29, 1.82) is 0 Å². The fourth-order valence-corrected chi connectivity index (χ4v) is 3.69. The maximum absolute atomic E-state index is 12.3. The van der Waals surface area contributed by atoms with Crippen LogP contribution >= 0.6 is 11.5 Å². The van der Waals surface area contributed by atoms with E-state index in [0.717, 1.165) is 32.4 Å². The van der Waals surface area contributed by atoms with E-state index in [4.69, 9.17) is 0 Å². The van der Waals surface area contributed by atoms with Gasteiger partial charge in [0.05, 0.1) is 0 Å². The highest BCUT2D eigenvalue weighted by molar-refractivity contribution is 7.09. The van der Waals surface area contributed by atoms with E-state index >= 15 is 0 Å².